The number of hydrogen-bond acceptors (Lipinski definition) is 8. The van der Waals surface area contributed by atoms with Gasteiger partial charge in [-0.25, -0.2) is 0 Å². The first-order chi connectivity index (χ1) is 12.5. The second-order valence-electron chi connectivity index (χ2n) is 6.10. The number of methoxy groups -OCH3 is 1. The maximum Gasteiger partial charge on any atom is 0.303 e. The van der Waals surface area contributed by atoms with Crippen LogP contribution in [0.4, 0.5) is 0 Å². The molecule has 0 saturated carbocycles. The summed E-state index contributed by atoms with van der Waals surface area (Å²) in [5, 5.41) is 0. The molecule has 26 heavy (non-hydrogen) atoms. The fourth-order valence-electron chi connectivity index (χ4n) is 3.16. The summed E-state index contributed by atoms with van der Waals surface area (Å²) in [4.78, 5) is 23.1. The van der Waals surface area contributed by atoms with Gasteiger partial charge in [-0.1, -0.05) is 30.3 Å². The van der Waals surface area contributed by atoms with Gasteiger partial charge < -0.3 is 28.4 Å². The summed E-state index contributed by atoms with van der Waals surface area (Å²) in [6, 6.07) is 9.38. The molecule has 1 aromatic rings. The van der Waals surface area contributed by atoms with Gasteiger partial charge in [0.05, 0.1) is 6.61 Å². The van der Waals surface area contributed by atoms with Gasteiger partial charge in [-0.3, -0.25) is 9.59 Å². The van der Waals surface area contributed by atoms with Crippen LogP contribution >= 0.6 is 0 Å². The number of hydrogen-bond donors (Lipinski definition) is 0. The van der Waals surface area contributed by atoms with Gasteiger partial charge in [-0.2, -0.15) is 0 Å². The van der Waals surface area contributed by atoms with E-state index in [9.17, 15) is 9.59 Å². The van der Waals surface area contributed by atoms with Crippen LogP contribution < -0.4 is 0 Å². The van der Waals surface area contributed by atoms with Gasteiger partial charge in [0, 0.05) is 26.5 Å². The SMILES string of the molecule is CO[C@H]1O[C@@H]2CO[C@@H](c3ccccc3)O[C@@H]2[C@@H](OC(C)=O)[C@H]1OC(C)=O. The lowest BCUT2D eigenvalue weighted by molar-refractivity contribution is -0.359. The molecule has 2 aliphatic heterocycles. The van der Waals surface area contributed by atoms with Crippen molar-refractivity contribution in [3.63, 3.8) is 0 Å². The zero-order chi connectivity index (χ0) is 18.7. The average molecular weight is 366 g/mol. The number of fused-ring (bicyclic) bond motifs is 1. The van der Waals surface area contributed by atoms with Crippen molar-refractivity contribution in [3.05, 3.63) is 35.9 Å². The van der Waals surface area contributed by atoms with Crippen molar-refractivity contribution in [2.45, 2.75) is 50.8 Å². The first-order valence-corrected chi connectivity index (χ1v) is 8.34. The molecule has 142 valence electrons. The van der Waals surface area contributed by atoms with Gasteiger partial charge in [-0.05, 0) is 0 Å². The van der Waals surface area contributed by atoms with Crippen molar-refractivity contribution in [1.82, 2.24) is 0 Å². The minimum Gasteiger partial charge on any atom is -0.455 e. The highest BCUT2D eigenvalue weighted by Crippen LogP contribution is 2.36. The average Bonchev–Trinajstić information content (AvgIpc) is 2.63. The summed E-state index contributed by atoms with van der Waals surface area (Å²) in [7, 11) is 1.42. The number of carbonyl (C=O) groups excluding carboxylic acids is 2. The van der Waals surface area contributed by atoms with Crippen LogP contribution in [0.3, 0.4) is 0 Å². The molecule has 2 aliphatic rings. The van der Waals surface area contributed by atoms with Gasteiger partial charge in [0.1, 0.15) is 12.2 Å². The minimum atomic E-state index is -0.947. The summed E-state index contributed by atoms with van der Waals surface area (Å²) >= 11 is 0. The molecule has 8 nitrogen and oxygen atoms in total. The topological polar surface area (TPSA) is 89.5 Å². The molecule has 2 fully saturated rings. The second-order valence-corrected chi connectivity index (χ2v) is 6.10. The van der Waals surface area contributed by atoms with Gasteiger partial charge in [0.25, 0.3) is 0 Å². The van der Waals surface area contributed by atoms with Crippen LogP contribution in [0.25, 0.3) is 0 Å². The molecule has 0 bridgehead atoms. The Hall–Kier alpha value is -2.00. The molecular weight excluding hydrogens is 344 g/mol. The first kappa shape index (κ1) is 18.8. The Balaban J connectivity index is 1.86. The van der Waals surface area contributed by atoms with Crippen LogP contribution in [-0.4, -0.2) is 56.4 Å². The highest BCUT2D eigenvalue weighted by molar-refractivity contribution is 5.67. The second kappa shape index (κ2) is 8.13. The monoisotopic (exact) mass is 366 g/mol. The molecule has 3 rings (SSSR count). The molecule has 2 heterocycles. The first-order valence-electron chi connectivity index (χ1n) is 8.34. The third-order valence-corrected chi connectivity index (χ3v) is 4.19. The predicted octanol–water partition coefficient (Wildman–Crippen LogP) is 1.34. The zero-order valence-corrected chi connectivity index (χ0v) is 14.8. The Morgan fingerprint density at radius 3 is 2.27 bits per heavy atom. The van der Waals surface area contributed by atoms with Crippen molar-refractivity contribution < 1.29 is 38.0 Å². The van der Waals surface area contributed by atoms with E-state index in [2.05, 4.69) is 0 Å². The molecule has 0 radical (unpaired) electrons. The van der Waals surface area contributed by atoms with E-state index in [1.807, 2.05) is 30.3 Å². The van der Waals surface area contributed by atoms with Crippen molar-refractivity contribution >= 4 is 11.9 Å². The van der Waals surface area contributed by atoms with Crippen LogP contribution in [0.2, 0.25) is 0 Å². The Bertz CT molecular complexity index is 633. The Labute approximate surface area is 151 Å². The van der Waals surface area contributed by atoms with E-state index < -0.39 is 48.9 Å². The molecule has 8 heteroatoms. The Morgan fingerprint density at radius 2 is 1.65 bits per heavy atom. The van der Waals surface area contributed by atoms with E-state index >= 15 is 0 Å². The van der Waals surface area contributed by atoms with Crippen molar-refractivity contribution in [1.29, 1.82) is 0 Å². The number of benzene rings is 1. The third kappa shape index (κ3) is 4.04. The number of rotatable bonds is 4. The fourth-order valence-corrected chi connectivity index (χ4v) is 3.16. The van der Waals surface area contributed by atoms with Crippen molar-refractivity contribution in [2.75, 3.05) is 13.7 Å². The van der Waals surface area contributed by atoms with E-state index in [1.165, 1.54) is 21.0 Å². The van der Waals surface area contributed by atoms with Crippen LogP contribution in [-0.2, 0) is 38.0 Å². The normalized spacial score (nSPS) is 33.8. The van der Waals surface area contributed by atoms with Crippen LogP contribution in [0, 0.1) is 0 Å². The number of esters is 2. The minimum absolute atomic E-state index is 0.217. The maximum absolute atomic E-state index is 11.6. The predicted molar refractivity (Wildman–Crippen MR) is 86.8 cm³/mol. The van der Waals surface area contributed by atoms with E-state index in [0.717, 1.165) is 5.56 Å². The number of ether oxygens (including phenoxy) is 6. The van der Waals surface area contributed by atoms with Gasteiger partial charge in [-0.15, -0.1) is 0 Å². The van der Waals surface area contributed by atoms with E-state index in [4.69, 9.17) is 28.4 Å². The molecule has 0 unspecified atom stereocenters. The van der Waals surface area contributed by atoms with Crippen molar-refractivity contribution in [2.24, 2.45) is 0 Å². The van der Waals surface area contributed by atoms with E-state index in [-0.39, 0.29) is 6.61 Å². The number of carbonyl (C=O) groups is 2. The van der Waals surface area contributed by atoms with E-state index in [0.29, 0.717) is 0 Å². The molecular formula is C18H22O8. The fraction of sp³-hybridized carbons (Fsp3) is 0.556. The van der Waals surface area contributed by atoms with Crippen LogP contribution in [0.15, 0.2) is 30.3 Å². The standard InChI is InChI=1S/C18H22O8/c1-10(19)23-15-14-13(25-18(21-3)16(15)24-11(2)20)9-22-17(26-14)12-7-5-4-6-8-12/h4-8,13-18H,9H2,1-3H3/t13-,14+,15-,16-,17-,18+/m1/s1. The van der Waals surface area contributed by atoms with Crippen molar-refractivity contribution in [3.8, 4) is 0 Å². The summed E-state index contributed by atoms with van der Waals surface area (Å²) in [6.45, 7) is 2.76. The molecule has 2 saturated heterocycles. The molecule has 0 amide bonds. The summed E-state index contributed by atoms with van der Waals surface area (Å²) in [6.07, 6.45) is -4.57. The zero-order valence-electron chi connectivity index (χ0n) is 14.8. The summed E-state index contributed by atoms with van der Waals surface area (Å²) in [5.74, 6) is -1.06. The molecule has 0 aliphatic carbocycles. The Kier molecular flexibility index (Phi) is 5.87. The van der Waals surface area contributed by atoms with Crippen LogP contribution in [0.5, 0.6) is 0 Å². The quantitative estimate of drug-likeness (QED) is 0.738. The van der Waals surface area contributed by atoms with Crippen LogP contribution in [0.1, 0.15) is 25.7 Å². The summed E-state index contributed by atoms with van der Waals surface area (Å²) in [5.41, 5.74) is 0.824. The molecule has 0 aromatic heterocycles. The van der Waals surface area contributed by atoms with E-state index in [1.54, 1.807) is 0 Å². The van der Waals surface area contributed by atoms with Gasteiger partial charge in [0.15, 0.2) is 24.8 Å². The highest BCUT2D eigenvalue weighted by atomic mass is 16.8. The lowest BCUT2D eigenvalue weighted by atomic mass is 9.97. The third-order valence-electron chi connectivity index (χ3n) is 4.19. The largest absolute Gasteiger partial charge is 0.455 e. The van der Waals surface area contributed by atoms with Gasteiger partial charge >= 0.3 is 11.9 Å². The smallest absolute Gasteiger partial charge is 0.303 e. The summed E-state index contributed by atoms with van der Waals surface area (Å²) < 4.78 is 33.6. The molecule has 1 aromatic carbocycles. The van der Waals surface area contributed by atoms with Gasteiger partial charge in [0.2, 0.25) is 0 Å². The lowest BCUT2D eigenvalue weighted by Gasteiger charge is -2.47. The maximum atomic E-state index is 11.6. The molecule has 0 spiro atoms. The Morgan fingerprint density at radius 1 is 1.00 bits per heavy atom. The lowest BCUT2D eigenvalue weighted by Crippen LogP contribution is -2.64. The highest BCUT2D eigenvalue weighted by Gasteiger charge is 2.53. The molecule has 0 N–H and O–H groups in total. The molecule has 6 atom stereocenters.